The molecular formula is C26H25N3O4S. The van der Waals surface area contributed by atoms with Crippen LogP contribution in [0.1, 0.15) is 11.4 Å². The first-order valence-corrected chi connectivity index (χ1v) is 12.0. The van der Waals surface area contributed by atoms with E-state index < -0.39 is 0 Å². The Hall–Kier alpha value is -3.78. The Labute approximate surface area is 202 Å². The van der Waals surface area contributed by atoms with E-state index in [1.807, 2.05) is 90.7 Å². The Morgan fingerprint density at radius 1 is 1.06 bits per heavy atom. The van der Waals surface area contributed by atoms with Crippen LogP contribution < -0.4 is 14.8 Å². The number of hydrogen-bond acceptors (Lipinski definition) is 6. The van der Waals surface area contributed by atoms with Crippen molar-refractivity contribution in [1.29, 1.82) is 0 Å². The highest BCUT2D eigenvalue weighted by Gasteiger charge is 2.17. The number of aromatic nitrogens is 2. The predicted molar refractivity (Wildman–Crippen MR) is 133 cm³/mol. The van der Waals surface area contributed by atoms with Crippen molar-refractivity contribution in [2.45, 2.75) is 18.3 Å². The van der Waals surface area contributed by atoms with Gasteiger partial charge in [-0.25, -0.2) is 4.98 Å². The molecule has 1 atom stereocenters. The van der Waals surface area contributed by atoms with E-state index in [2.05, 4.69) is 10.3 Å². The first-order valence-electron chi connectivity index (χ1n) is 10.7. The van der Waals surface area contributed by atoms with Crippen molar-refractivity contribution in [3.8, 4) is 17.2 Å². The molecule has 0 fully saturated rings. The van der Waals surface area contributed by atoms with Crippen molar-refractivity contribution >= 4 is 35.1 Å². The average molecular weight is 476 g/mol. The Morgan fingerprint density at radius 3 is 2.50 bits per heavy atom. The number of nitrogens with one attached hydrogen (secondary N) is 1. The van der Waals surface area contributed by atoms with Crippen molar-refractivity contribution in [1.82, 2.24) is 14.9 Å². The highest BCUT2D eigenvalue weighted by molar-refractivity contribution is 7.99. The molecule has 0 saturated carbocycles. The number of fused-ring (bicyclic) bond motifs is 1. The number of carbonyl (C=O) groups excluding carboxylic acids is 2. The maximum absolute atomic E-state index is 11.9. The molecule has 0 spiro atoms. The lowest BCUT2D eigenvalue weighted by Crippen LogP contribution is -2.32. The van der Waals surface area contributed by atoms with Gasteiger partial charge in [0.25, 0.3) is 0 Å². The van der Waals surface area contributed by atoms with Crippen molar-refractivity contribution < 1.29 is 19.1 Å². The van der Waals surface area contributed by atoms with Crippen LogP contribution in [0, 0.1) is 0 Å². The zero-order valence-electron chi connectivity index (χ0n) is 18.9. The number of ether oxygens (including phenoxy) is 2. The van der Waals surface area contributed by atoms with Gasteiger partial charge in [0.05, 0.1) is 16.3 Å². The van der Waals surface area contributed by atoms with E-state index in [9.17, 15) is 9.59 Å². The van der Waals surface area contributed by atoms with Gasteiger partial charge >= 0.3 is 0 Å². The molecule has 1 N–H and O–H groups in total. The molecule has 4 aromatic rings. The molecule has 0 aliphatic heterocycles. The molecule has 3 aromatic carbocycles. The summed E-state index contributed by atoms with van der Waals surface area (Å²) in [7, 11) is 1.95. The molecule has 1 heterocycles. The van der Waals surface area contributed by atoms with Crippen molar-refractivity contribution in [2.24, 2.45) is 7.05 Å². The quantitative estimate of drug-likeness (QED) is 0.340. The third kappa shape index (κ3) is 5.58. The Balaban J connectivity index is 1.40. The zero-order chi connectivity index (χ0) is 23.9. The van der Waals surface area contributed by atoms with Gasteiger partial charge in [0.15, 0.2) is 0 Å². The second-order valence-corrected chi connectivity index (χ2v) is 8.68. The van der Waals surface area contributed by atoms with Crippen molar-refractivity contribution in [3.05, 3.63) is 84.2 Å². The zero-order valence-corrected chi connectivity index (χ0v) is 19.7. The Bertz CT molecular complexity index is 1270. The molecule has 34 heavy (non-hydrogen) atoms. The number of para-hydroxylation sites is 1. The minimum Gasteiger partial charge on any atom is -0.486 e. The lowest BCUT2D eigenvalue weighted by molar-refractivity contribution is -0.124. The third-order valence-corrected chi connectivity index (χ3v) is 6.36. The number of imidazole rings is 1. The highest BCUT2D eigenvalue weighted by atomic mass is 32.2. The van der Waals surface area contributed by atoms with Gasteiger partial charge in [-0.3, -0.25) is 14.9 Å². The molecule has 174 valence electrons. The molecule has 0 saturated heterocycles. The molecule has 0 bridgehead atoms. The molecule has 1 aromatic heterocycles. The number of benzene rings is 3. The van der Waals surface area contributed by atoms with Gasteiger partial charge in [-0.05, 0) is 54.6 Å². The Kier molecular flexibility index (Phi) is 7.49. The fraction of sp³-hybridized carbons (Fsp3) is 0.192. The number of amides is 2. The maximum Gasteiger partial charge on any atom is 0.239 e. The molecule has 1 unspecified atom stereocenters. The van der Waals surface area contributed by atoms with Gasteiger partial charge in [-0.1, -0.05) is 30.3 Å². The fourth-order valence-corrected chi connectivity index (χ4v) is 4.20. The molecule has 0 aliphatic carbocycles. The third-order valence-electron chi connectivity index (χ3n) is 5.41. The van der Waals surface area contributed by atoms with Gasteiger partial charge in [-0.2, -0.15) is 11.8 Å². The largest absolute Gasteiger partial charge is 0.486 e. The average Bonchev–Trinajstić information content (AvgIpc) is 3.17. The van der Waals surface area contributed by atoms with E-state index in [0.29, 0.717) is 25.2 Å². The van der Waals surface area contributed by atoms with Crippen LogP contribution in [0.2, 0.25) is 0 Å². The summed E-state index contributed by atoms with van der Waals surface area (Å²) in [5.74, 6) is 2.74. The summed E-state index contributed by atoms with van der Waals surface area (Å²) in [6.45, 7) is 0.314. The van der Waals surface area contributed by atoms with Crippen LogP contribution in [-0.2, 0) is 29.7 Å². The van der Waals surface area contributed by atoms with Gasteiger partial charge in [0, 0.05) is 13.1 Å². The predicted octanol–water partition coefficient (Wildman–Crippen LogP) is 4.49. The van der Waals surface area contributed by atoms with Crippen LogP contribution in [-0.4, -0.2) is 33.4 Å². The topological polar surface area (TPSA) is 82.4 Å². The highest BCUT2D eigenvalue weighted by Crippen LogP contribution is 2.26. The summed E-state index contributed by atoms with van der Waals surface area (Å²) in [5, 5.41) is 1.89. The second kappa shape index (κ2) is 10.9. The van der Waals surface area contributed by atoms with Crippen LogP contribution in [0.15, 0.2) is 72.8 Å². The normalized spacial score (nSPS) is 11.7. The van der Waals surface area contributed by atoms with Gasteiger partial charge in [-0.15, -0.1) is 0 Å². The van der Waals surface area contributed by atoms with E-state index in [0.717, 1.165) is 33.9 Å². The molecule has 0 radical (unpaired) electrons. The minimum absolute atomic E-state index is 0.290. The summed E-state index contributed by atoms with van der Waals surface area (Å²) in [5.41, 5.74) is 2.81. The van der Waals surface area contributed by atoms with E-state index in [-0.39, 0.29) is 11.2 Å². The number of imide groups is 1. The van der Waals surface area contributed by atoms with Crippen LogP contribution in [0.3, 0.4) is 0 Å². The molecular weight excluding hydrogens is 450 g/mol. The summed E-state index contributed by atoms with van der Waals surface area (Å²) < 4.78 is 13.9. The number of nitrogens with zero attached hydrogens (tertiary/aromatic N) is 2. The van der Waals surface area contributed by atoms with E-state index in [1.165, 1.54) is 11.8 Å². The van der Waals surface area contributed by atoms with Crippen LogP contribution in [0.25, 0.3) is 11.0 Å². The number of carbonyl (C=O) groups is 2. The summed E-state index contributed by atoms with van der Waals surface area (Å²) in [6, 6.07) is 23.1. The second-order valence-electron chi connectivity index (χ2n) is 7.64. The van der Waals surface area contributed by atoms with E-state index >= 15 is 0 Å². The number of rotatable bonds is 10. The van der Waals surface area contributed by atoms with Crippen LogP contribution in [0.5, 0.6) is 17.2 Å². The van der Waals surface area contributed by atoms with Crippen LogP contribution >= 0.6 is 11.8 Å². The monoisotopic (exact) mass is 475 g/mol. The summed E-state index contributed by atoms with van der Waals surface area (Å²) in [6.07, 6.45) is 2.79. The van der Waals surface area contributed by atoms with Crippen LogP contribution in [0.4, 0.5) is 0 Å². The molecule has 4 rings (SSSR count). The standard InChI is InChI=1S/C26H25N3O4S/c1-29-23-15-21(33-20-6-4-3-5-7-20)12-13-22(23)28-25(29)16-32-19-10-8-18(9-11-19)14-24(34-2)26(31)27-17-30/h3-13,15,17,24H,14,16H2,1-2H3,(H,27,30,31). The SMILES string of the molecule is CSC(Cc1ccc(OCc2nc3ccc(Oc4ccccc4)cc3n2C)cc1)C(=O)NC=O. The first-order chi connectivity index (χ1) is 16.6. The number of aryl methyl sites for hydroxylation is 1. The fourth-order valence-electron chi connectivity index (χ4n) is 3.55. The van der Waals surface area contributed by atoms with Gasteiger partial charge in [0.1, 0.15) is 29.7 Å². The molecule has 2 amide bonds. The van der Waals surface area contributed by atoms with E-state index in [4.69, 9.17) is 9.47 Å². The van der Waals surface area contributed by atoms with E-state index in [1.54, 1.807) is 0 Å². The lowest BCUT2D eigenvalue weighted by atomic mass is 10.1. The Morgan fingerprint density at radius 2 is 1.79 bits per heavy atom. The molecule has 8 heteroatoms. The number of hydrogen-bond donors (Lipinski definition) is 1. The smallest absolute Gasteiger partial charge is 0.239 e. The summed E-state index contributed by atoms with van der Waals surface area (Å²) in [4.78, 5) is 27.1. The van der Waals surface area contributed by atoms with Crippen molar-refractivity contribution in [2.75, 3.05) is 6.26 Å². The maximum atomic E-state index is 11.9. The molecule has 7 nitrogen and oxygen atoms in total. The summed E-state index contributed by atoms with van der Waals surface area (Å²) >= 11 is 1.41. The molecule has 0 aliphatic rings. The van der Waals surface area contributed by atoms with Gasteiger partial charge in [0.2, 0.25) is 12.3 Å². The van der Waals surface area contributed by atoms with Crippen molar-refractivity contribution in [3.63, 3.8) is 0 Å². The first kappa shape index (κ1) is 23.4. The number of thioether (sulfide) groups is 1. The lowest BCUT2D eigenvalue weighted by Gasteiger charge is -2.13. The van der Waals surface area contributed by atoms with Gasteiger partial charge < -0.3 is 14.0 Å². The minimum atomic E-state index is -0.326.